The molecule has 0 amide bonds. The molecule has 0 unspecified atom stereocenters. The molecule has 0 aliphatic heterocycles. The predicted molar refractivity (Wildman–Crippen MR) is 236 cm³/mol. The fourth-order valence-electron chi connectivity index (χ4n) is 6.50. The molecule has 0 saturated heterocycles. The molecule has 0 spiro atoms. The van der Waals surface area contributed by atoms with Crippen LogP contribution in [0.4, 0.5) is 0 Å². The number of hydrogen-bond acceptors (Lipinski definition) is 8. The van der Waals surface area contributed by atoms with Crippen LogP contribution in [0.25, 0.3) is 77.5 Å². The highest BCUT2D eigenvalue weighted by Crippen LogP contribution is 2.34. The Morgan fingerprint density at radius 2 is 1.05 bits per heavy atom. The van der Waals surface area contributed by atoms with Gasteiger partial charge in [-0.05, 0) is 74.8 Å². The molecule has 10 aromatic rings. The molecular formula is C46H32BBrN6O4. The van der Waals surface area contributed by atoms with Crippen LogP contribution in [0.3, 0.4) is 0 Å². The second-order valence-electron chi connectivity index (χ2n) is 13.2. The van der Waals surface area contributed by atoms with Crippen molar-refractivity contribution in [3.63, 3.8) is 0 Å². The minimum absolute atomic E-state index is 0.0310. The van der Waals surface area contributed by atoms with Gasteiger partial charge in [0.1, 0.15) is 11.3 Å². The van der Waals surface area contributed by atoms with Gasteiger partial charge in [0, 0.05) is 63.5 Å². The number of hydrogen-bond donors (Lipinski definition) is 4. The zero-order valence-electron chi connectivity index (χ0n) is 30.6. The lowest BCUT2D eigenvalue weighted by Gasteiger charge is -2.12. The van der Waals surface area contributed by atoms with E-state index in [9.17, 15) is 9.59 Å². The summed E-state index contributed by atoms with van der Waals surface area (Å²) in [7, 11) is -1.41. The van der Waals surface area contributed by atoms with Gasteiger partial charge in [-0.25, -0.2) is 9.97 Å². The monoisotopic (exact) mass is 822 g/mol. The highest BCUT2D eigenvalue weighted by atomic mass is 79.9. The number of rotatable bonds is 4. The molecule has 58 heavy (non-hydrogen) atoms. The van der Waals surface area contributed by atoms with Crippen molar-refractivity contribution in [2.45, 2.75) is 0 Å². The lowest BCUT2D eigenvalue weighted by atomic mass is 9.80. The van der Waals surface area contributed by atoms with Crippen LogP contribution >= 0.6 is 15.9 Å². The molecule has 0 radical (unpaired) electrons. The number of nitrogens with zero attached hydrogens (tertiary/aromatic N) is 4. The molecule has 4 N–H and O–H groups in total. The van der Waals surface area contributed by atoms with Crippen LogP contribution in [0.1, 0.15) is 0 Å². The number of halogens is 1. The molecule has 0 saturated carbocycles. The van der Waals surface area contributed by atoms with Crippen molar-refractivity contribution in [3.05, 3.63) is 195 Å². The van der Waals surface area contributed by atoms with Crippen molar-refractivity contribution in [3.8, 4) is 33.6 Å². The quantitative estimate of drug-likeness (QED) is 0.130. The molecule has 12 heteroatoms. The van der Waals surface area contributed by atoms with E-state index in [0.29, 0.717) is 27.5 Å². The number of nitrogens with one attached hydrogen (secondary N) is 2. The van der Waals surface area contributed by atoms with Gasteiger partial charge in [-0.3, -0.25) is 19.6 Å². The summed E-state index contributed by atoms with van der Waals surface area (Å²) in [4.78, 5) is 47.9. The van der Waals surface area contributed by atoms with Crippen molar-refractivity contribution in [2.75, 3.05) is 0 Å². The molecule has 10 nitrogen and oxygen atoms in total. The minimum atomic E-state index is -1.41. The van der Waals surface area contributed by atoms with Gasteiger partial charge in [-0.2, -0.15) is 0 Å². The van der Waals surface area contributed by atoms with Crippen molar-refractivity contribution in [1.82, 2.24) is 29.9 Å². The van der Waals surface area contributed by atoms with Gasteiger partial charge in [0.2, 0.25) is 0 Å². The van der Waals surface area contributed by atoms with Gasteiger partial charge >= 0.3 is 7.12 Å². The summed E-state index contributed by atoms with van der Waals surface area (Å²) in [6.45, 7) is 0. The van der Waals surface area contributed by atoms with Gasteiger partial charge in [-0.1, -0.05) is 91.0 Å². The number of benzene rings is 4. The molecule has 0 bridgehead atoms. The Kier molecular flexibility index (Phi) is 11.0. The van der Waals surface area contributed by atoms with Crippen LogP contribution in [-0.2, 0) is 0 Å². The van der Waals surface area contributed by atoms with E-state index in [1.807, 2.05) is 109 Å². The van der Waals surface area contributed by atoms with Gasteiger partial charge in [-0.15, -0.1) is 0 Å². The SMILES string of the molecule is O=c1cc[nH]c2nc(-c3ccccc3)c(-c3ccc4ncccc4c3)cc12.O=c1cc[nH]c2nc(-c3ccccc3)c(Br)cc12.OB(O)c1ccc2ncccc2c1. The lowest BCUT2D eigenvalue weighted by Crippen LogP contribution is -2.29. The van der Waals surface area contributed by atoms with Crippen LogP contribution in [0, 0.1) is 0 Å². The van der Waals surface area contributed by atoms with Crippen LogP contribution in [0.15, 0.2) is 184 Å². The van der Waals surface area contributed by atoms with Crippen LogP contribution in [-0.4, -0.2) is 47.1 Å². The second-order valence-corrected chi connectivity index (χ2v) is 14.0. The average molecular weight is 824 g/mol. The first-order chi connectivity index (χ1) is 28.3. The van der Waals surface area contributed by atoms with E-state index in [1.54, 1.807) is 43.0 Å². The topological polar surface area (TPSA) is 158 Å². The smallest absolute Gasteiger partial charge is 0.423 e. The highest BCUT2D eigenvalue weighted by Gasteiger charge is 2.14. The summed E-state index contributed by atoms with van der Waals surface area (Å²) in [6, 6.07) is 45.6. The van der Waals surface area contributed by atoms with Crippen LogP contribution in [0.5, 0.6) is 0 Å². The van der Waals surface area contributed by atoms with Crippen molar-refractivity contribution >= 4 is 72.4 Å². The van der Waals surface area contributed by atoms with Crippen molar-refractivity contribution < 1.29 is 10.0 Å². The first-order valence-electron chi connectivity index (χ1n) is 18.2. The van der Waals surface area contributed by atoms with Crippen LogP contribution < -0.4 is 16.3 Å². The lowest BCUT2D eigenvalue weighted by molar-refractivity contribution is 0.426. The first kappa shape index (κ1) is 37.8. The largest absolute Gasteiger partial charge is 0.488 e. The molecule has 10 rings (SSSR count). The molecule has 6 heterocycles. The molecule has 0 aliphatic rings. The third kappa shape index (κ3) is 8.20. The minimum Gasteiger partial charge on any atom is -0.423 e. The Hall–Kier alpha value is -7.12. The molecule has 4 aromatic carbocycles. The zero-order chi connectivity index (χ0) is 40.0. The number of aromatic nitrogens is 6. The van der Waals surface area contributed by atoms with E-state index in [1.165, 1.54) is 12.1 Å². The van der Waals surface area contributed by atoms with E-state index in [4.69, 9.17) is 15.0 Å². The van der Waals surface area contributed by atoms with E-state index >= 15 is 0 Å². The third-order valence-electron chi connectivity index (χ3n) is 9.37. The molecule has 280 valence electrons. The highest BCUT2D eigenvalue weighted by molar-refractivity contribution is 9.10. The Morgan fingerprint density at radius 3 is 1.66 bits per heavy atom. The summed E-state index contributed by atoms with van der Waals surface area (Å²) in [5.74, 6) is 0. The van der Waals surface area contributed by atoms with Crippen molar-refractivity contribution in [1.29, 1.82) is 0 Å². The standard InChI is InChI=1S/C23H15N3O.C14H9BrN2O.C9H8BNO2/c27-21-10-12-25-23-19(21)14-18(22(26-23)15-5-2-1-3-6-15)16-8-9-20-17(13-16)7-4-11-24-20;15-11-8-10-12(18)6-7-16-14(10)17-13(11)9-4-2-1-3-5-9;12-10(13)8-3-4-9-7(6-8)2-1-5-11-9/h1-14H,(H,25,26,27);1-8H,(H,16,17,18);1-6,12-13H. The van der Waals surface area contributed by atoms with E-state index in [-0.39, 0.29) is 10.9 Å². The fourth-order valence-corrected chi connectivity index (χ4v) is 7.05. The molecule has 6 aromatic heterocycles. The summed E-state index contributed by atoms with van der Waals surface area (Å²) in [6.07, 6.45) is 6.74. The molecule has 0 aliphatic carbocycles. The summed E-state index contributed by atoms with van der Waals surface area (Å²) in [5.41, 5.74) is 9.01. The number of pyridine rings is 6. The van der Waals surface area contributed by atoms with Crippen molar-refractivity contribution in [2.24, 2.45) is 0 Å². The molecule has 0 atom stereocenters. The van der Waals surface area contributed by atoms with Gasteiger partial charge in [0.15, 0.2) is 10.9 Å². The summed E-state index contributed by atoms with van der Waals surface area (Å²) < 4.78 is 0.818. The fraction of sp³-hybridized carbons (Fsp3) is 0. The normalized spacial score (nSPS) is 10.8. The van der Waals surface area contributed by atoms with Gasteiger partial charge in [0.05, 0.1) is 33.2 Å². The maximum atomic E-state index is 12.4. The number of aromatic amines is 2. The third-order valence-corrected chi connectivity index (χ3v) is 9.98. The first-order valence-corrected chi connectivity index (χ1v) is 19.0. The summed E-state index contributed by atoms with van der Waals surface area (Å²) in [5, 5.41) is 21.0. The Labute approximate surface area is 339 Å². The maximum absolute atomic E-state index is 12.4. The second kappa shape index (κ2) is 16.9. The maximum Gasteiger partial charge on any atom is 0.488 e. The molecular weight excluding hydrogens is 791 g/mol. The Balaban J connectivity index is 0.000000131. The zero-order valence-corrected chi connectivity index (χ0v) is 32.2. The van der Waals surface area contributed by atoms with E-state index < -0.39 is 7.12 Å². The van der Waals surface area contributed by atoms with Crippen LogP contribution in [0.2, 0.25) is 0 Å². The average Bonchev–Trinajstić information content (AvgIpc) is 3.27. The van der Waals surface area contributed by atoms with E-state index in [0.717, 1.165) is 59.9 Å². The predicted octanol–water partition coefficient (Wildman–Crippen LogP) is 8.07. The number of H-pyrrole nitrogens is 2. The Morgan fingerprint density at radius 1 is 0.517 bits per heavy atom. The summed E-state index contributed by atoms with van der Waals surface area (Å²) >= 11 is 3.47. The Bertz CT molecular complexity index is 3180. The van der Waals surface area contributed by atoms with Gasteiger partial charge in [0.25, 0.3) is 0 Å². The van der Waals surface area contributed by atoms with E-state index in [2.05, 4.69) is 46.9 Å². The van der Waals surface area contributed by atoms with Gasteiger partial charge < -0.3 is 20.0 Å². The molecule has 0 fully saturated rings. The number of fused-ring (bicyclic) bond motifs is 4.